The smallest absolute Gasteiger partial charge is 0.187 e. The van der Waals surface area contributed by atoms with Crippen LogP contribution in [0.25, 0.3) is 16.9 Å². The molecule has 124 valence electrons. The third kappa shape index (κ3) is 3.33. The molecule has 0 aliphatic carbocycles. The Labute approximate surface area is 151 Å². The second-order valence-corrected chi connectivity index (χ2v) is 6.64. The minimum atomic E-state index is -0.304. The highest BCUT2D eigenvalue weighted by Crippen LogP contribution is 2.27. The molecule has 0 saturated carbocycles. The summed E-state index contributed by atoms with van der Waals surface area (Å²) in [5, 5.41) is 9.78. The lowest BCUT2D eigenvalue weighted by molar-refractivity contribution is 0.627. The molecule has 5 nitrogen and oxygen atoms in total. The molecule has 8 heteroatoms. The van der Waals surface area contributed by atoms with Gasteiger partial charge >= 0.3 is 0 Å². The van der Waals surface area contributed by atoms with Gasteiger partial charge in [0.2, 0.25) is 0 Å². The van der Waals surface area contributed by atoms with Crippen LogP contribution in [0.2, 0.25) is 5.02 Å². The molecule has 0 fully saturated rings. The van der Waals surface area contributed by atoms with Gasteiger partial charge in [-0.3, -0.25) is 0 Å². The number of aromatic nitrogens is 5. The van der Waals surface area contributed by atoms with Crippen molar-refractivity contribution in [2.75, 3.05) is 0 Å². The first kappa shape index (κ1) is 16.0. The van der Waals surface area contributed by atoms with Gasteiger partial charge in [-0.1, -0.05) is 40.7 Å². The minimum Gasteiger partial charge on any atom is -0.227 e. The van der Waals surface area contributed by atoms with Crippen LogP contribution in [0.5, 0.6) is 0 Å². The lowest BCUT2D eigenvalue weighted by Gasteiger charge is -2.03. The molecule has 0 aliphatic heterocycles. The van der Waals surface area contributed by atoms with Crippen molar-refractivity contribution in [3.8, 4) is 5.69 Å². The van der Waals surface area contributed by atoms with E-state index < -0.39 is 0 Å². The molecule has 0 saturated heterocycles. The Hall–Kier alpha value is -2.51. The van der Waals surface area contributed by atoms with Gasteiger partial charge in [-0.05, 0) is 42.0 Å². The molecule has 0 radical (unpaired) electrons. The molecular formula is C17H11ClFN5S. The second kappa shape index (κ2) is 6.78. The van der Waals surface area contributed by atoms with E-state index >= 15 is 0 Å². The van der Waals surface area contributed by atoms with E-state index in [9.17, 15) is 4.39 Å². The molecule has 0 atom stereocenters. The summed E-state index contributed by atoms with van der Waals surface area (Å²) in [6, 6.07) is 13.7. The average Bonchev–Trinajstić information content (AvgIpc) is 3.07. The first-order valence-electron chi connectivity index (χ1n) is 7.40. The third-order valence-corrected chi connectivity index (χ3v) is 4.87. The summed E-state index contributed by atoms with van der Waals surface area (Å²) in [4.78, 5) is 8.58. The number of fused-ring (bicyclic) bond motifs is 1. The number of rotatable bonds is 4. The van der Waals surface area contributed by atoms with Crippen LogP contribution in [-0.4, -0.2) is 25.0 Å². The first-order chi connectivity index (χ1) is 12.2. The molecule has 25 heavy (non-hydrogen) atoms. The largest absolute Gasteiger partial charge is 0.227 e. The zero-order chi connectivity index (χ0) is 17.2. The van der Waals surface area contributed by atoms with Gasteiger partial charge in [-0.25, -0.2) is 14.4 Å². The van der Waals surface area contributed by atoms with Crippen LogP contribution in [-0.2, 0) is 5.75 Å². The Morgan fingerprint density at radius 2 is 1.76 bits per heavy atom. The quantitative estimate of drug-likeness (QED) is 0.395. The fourth-order valence-electron chi connectivity index (χ4n) is 2.32. The SMILES string of the molecule is Fc1ccc(-n2nnc3c(SCc4ccc(Cl)cc4)ncnc32)cc1. The van der Waals surface area contributed by atoms with E-state index in [1.807, 2.05) is 24.3 Å². The first-order valence-corrected chi connectivity index (χ1v) is 8.77. The predicted octanol–water partition coefficient (Wildman–Crippen LogP) is 4.30. The highest BCUT2D eigenvalue weighted by atomic mass is 35.5. The van der Waals surface area contributed by atoms with E-state index in [1.165, 1.54) is 18.5 Å². The van der Waals surface area contributed by atoms with Gasteiger partial charge in [-0.2, -0.15) is 4.68 Å². The van der Waals surface area contributed by atoms with Gasteiger partial charge < -0.3 is 0 Å². The molecule has 0 bridgehead atoms. The van der Waals surface area contributed by atoms with E-state index in [1.54, 1.807) is 28.6 Å². The lowest BCUT2D eigenvalue weighted by Crippen LogP contribution is -1.98. The molecule has 0 N–H and O–H groups in total. The summed E-state index contributed by atoms with van der Waals surface area (Å²) < 4.78 is 14.7. The molecule has 0 unspecified atom stereocenters. The van der Waals surface area contributed by atoms with Crippen LogP contribution in [0, 0.1) is 5.82 Å². The van der Waals surface area contributed by atoms with Crippen LogP contribution < -0.4 is 0 Å². The maximum absolute atomic E-state index is 13.1. The third-order valence-electron chi connectivity index (χ3n) is 3.56. The van der Waals surface area contributed by atoms with E-state index in [0.29, 0.717) is 21.9 Å². The molecule has 2 aromatic carbocycles. The highest BCUT2D eigenvalue weighted by molar-refractivity contribution is 7.98. The molecule has 0 amide bonds. The molecule has 0 spiro atoms. The van der Waals surface area contributed by atoms with Crippen molar-refractivity contribution in [3.05, 3.63) is 71.3 Å². The van der Waals surface area contributed by atoms with E-state index in [0.717, 1.165) is 16.3 Å². The Kier molecular flexibility index (Phi) is 4.33. The summed E-state index contributed by atoms with van der Waals surface area (Å²) in [5.41, 5.74) is 3.02. The van der Waals surface area contributed by atoms with Crippen molar-refractivity contribution in [3.63, 3.8) is 0 Å². The second-order valence-electron chi connectivity index (χ2n) is 5.24. The Bertz CT molecular complexity index is 1020. The number of thioether (sulfide) groups is 1. The molecule has 4 aromatic rings. The molecule has 2 aromatic heterocycles. The van der Waals surface area contributed by atoms with Crippen LogP contribution >= 0.6 is 23.4 Å². The van der Waals surface area contributed by atoms with E-state index in [-0.39, 0.29) is 5.82 Å². The number of nitrogens with zero attached hydrogens (tertiary/aromatic N) is 5. The van der Waals surface area contributed by atoms with E-state index in [2.05, 4.69) is 20.3 Å². The lowest BCUT2D eigenvalue weighted by atomic mass is 10.2. The standard InChI is InChI=1S/C17H11ClFN5S/c18-12-3-1-11(2-4-12)9-25-17-15-16(20-10-21-17)24(23-22-15)14-7-5-13(19)6-8-14/h1-8,10H,9H2. The van der Waals surface area contributed by atoms with Gasteiger partial charge in [0.25, 0.3) is 0 Å². The van der Waals surface area contributed by atoms with Crippen molar-refractivity contribution in [1.29, 1.82) is 0 Å². The summed E-state index contributed by atoms with van der Waals surface area (Å²) in [6.07, 6.45) is 1.48. The zero-order valence-corrected chi connectivity index (χ0v) is 14.4. The highest BCUT2D eigenvalue weighted by Gasteiger charge is 2.13. The normalized spacial score (nSPS) is 11.1. The van der Waals surface area contributed by atoms with Crippen molar-refractivity contribution < 1.29 is 4.39 Å². The Morgan fingerprint density at radius 3 is 2.52 bits per heavy atom. The molecular weight excluding hydrogens is 361 g/mol. The summed E-state index contributed by atoms with van der Waals surface area (Å²) >= 11 is 7.46. The van der Waals surface area contributed by atoms with Crippen molar-refractivity contribution in [1.82, 2.24) is 25.0 Å². The monoisotopic (exact) mass is 371 g/mol. The van der Waals surface area contributed by atoms with Crippen LogP contribution in [0.3, 0.4) is 0 Å². The maximum Gasteiger partial charge on any atom is 0.187 e. The van der Waals surface area contributed by atoms with Crippen LogP contribution in [0.15, 0.2) is 59.9 Å². The number of halogens is 2. The number of hydrogen-bond acceptors (Lipinski definition) is 5. The maximum atomic E-state index is 13.1. The van der Waals surface area contributed by atoms with Crippen molar-refractivity contribution in [2.45, 2.75) is 10.8 Å². The zero-order valence-electron chi connectivity index (χ0n) is 12.8. The summed E-state index contributed by atoms with van der Waals surface area (Å²) in [7, 11) is 0. The number of benzene rings is 2. The fraction of sp³-hybridized carbons (Fsp3) is 0.0588. The van der Waals surface area contributed by atoms with Gasteiger partial charge in [0.1, 0.15) is 17.2 Å². The summed E-state index contributed by atoms with van der Waals surface area (Å²) in [5.74, 6) is 0.425. The van der Waals surface area contributed by atoms with Crippen molar-refractivity contribution >= 4 is 34.5 Å². The van der Waals surface area contributed by atoms with Gasteiger partial charge in [-0.15, -0.1) is 5.10 Å². The average molecular weight is 372 g/mol. The van der Waals surface area contributed by atoms with E-state index in [4.69, 9.17) is 11.6 Å². The minimum absolute atomic E-state index is 0.304. The number of hydrogen-bond donors (Lipinski definition) is 0. The molecule has 4 rings (SSSR count). The fourth-order valence-corrected chi connectivity index (χ4v) is 3.33. The molecule has 2 heterocycles. The predicted molar refractivity (Wildman–Crippen MR) is 95.4 cm³/mol. The van der Waals surface area contributed by atoms with Crippen LogP contribution in [0.1, 0.15) is 5.56 Å². The van der Waals surface area contributed by atoms with Crippen molar-refractivity contribution in [2.24, 2.45) is 0 Å². The Morgan fingerprint density at radius 1 is 1.00 bits per heavy atom. The summed E-state index contributed by atoms with van der Waals surface area (Å²) in [6.45, 7) is 0. The topological polar surface area (TPSA) is 56.5 Å². The van der Waals surface area contributed by atoms with Gasteiger partial charge in [0.05, 0.1) is 5.69 Å². The van der Waals surface area contributed by atoms with Crippen LogP contribution in [0.4, 0.5) is 4.39 Å². The van der Waals surface area contributed by atoms with Gasteiger partial charge in [0, 0.05) is 10.8 Å². The Balaban J connectivity index is 1.64. The molecule has 0 aliphatic rings. The van der Waals surface area contributed by atoms with Gasteiger partial charge in [0.15, 0.2) is 11.2 Å².